The first-order valence-electron chi connectivity index (χ1n) is 12.8. The molecule has 0 saturated heterocycles. The van der Waals surface area contributed by atoms with Crippen molar-refractivity contribution in [1.29, 1.82) is 0 Å². The molecule has 10 nitrogen and oxygen atoms in total. The van der Waals surface area contributed by atoms with Crippen LogP contribution in [0.5, 0.6) is 34.5 Å². The van der Waals surface area contributed by atoms with Crippen LogP contribution in [0.4, 0.5) is 0 Å². The molecule has 0 saturated carbocycles. The first kappa shape index (κ1) is 26.8. The maximum absolute atomic E-state index is 12.9. The second-order valence-corrected chi connectivity index (χ2v) is 9.80. The van der Waals surface area contributed by atoms with Crippen molar-refractivity contribution in [2.45, 2.75) is 13.8 Å². The Morgan fingerprint density at radius 1 is 0.524 bits per heavy atom. The lowest BCUT2D eigenvalue weighted by molar-refractivity contribution is 0.393. The van der Waals surface area contributed by atoms with E-state index in [9.17, 15) is 19.8 Å². The summed E-state index contributed by atoms with van der Waals surface area (Å²) >= 11 is 0. The van der Waals surface area contributed by atoms with E-state index in [1.165, 1.54) is 40.6 Å². The summed E-state index contributed by atoms with van der Waals surface area (Å²) in [4.78, 5) is 25.8. The van der Waals surface area contributed by atoms with Gasteiger partial charge in [-0.3, -0.25) is 9.59 Å². The van der Waals surface area contributed by atoms with Crippen LogP contribution in [0.3, 0.4) is 0 Å². The molecule has 0 unspecified atom stereocenters. The lowest BCUT2D eigenvalue weighted by Crippen LogP contribution is -2.04. The van der Waals surface area contributed by atoms with Gasteiger partial charge < -0.3 is 38.0 Å². The van der Waals surface area contributed by atoms with Crippen molar-refractivity contribution in [2.24, 2.45) is 0 Å². The number of aromatic hydroxyl groups is 2. The number of rotatable bonds is 5. The van der Waals surface area contributed by atoms with E-state index >= 15 is 0 Å². The van der Waals surface area contributed by atoms with E-state index < -0.39 is 10.9 Å². The highest BCUT2D eigenvalue weighted by molar-refractivity contribution is 6.19. The average Bonchev–Trinajstić information content (AvgIpc) is 2.94. The smallest absolute Gasteiger partial charge is 0.196 e. The summed E-state index contributed by atoms with van der Waals surface area (Å²) in [6.45, 7) is 3.28. The first-order chi connectivity index (χ1) is 20.1. The molecule has 2 aromatic heterocycles. The van der Waals surface area contributed by atoms with Crippen LogP contribution in [0, 0.1) is 13.8 Å². The van der Waals surface area contributed by atoms with Crippen molar-refractivity contribution < 1.29 is 38.0 Å². The second kappa shape index (κ2) is 9.62. The van der Waals surface area contributed by atoms with Gasteiger partial charge in [-0.25, -0.2) is 0 Å². The summed E-state index contributed by atoms with van der Waals surface area (Å²) in [7, 11) is 5.82. The van der Waals surface area contributed by atoms with Gasteiger partial charge in [0.25, 0.3) is 0 Å². The summed E-state index contributed by atoms with van der Waals surface area (Å²) in [5.41, 5.74) is 0.311. The molecule has 0 bridgehead atoms. The molecule has 0 radical (unpaired) electrons. The van der Waals surface area contributed by atoms with Gasteiger partial charge in [0, 0.05) is 46.2 Å². The normalized spacial score (nSPS) is 11.5. The fraction of sp³-hybridized carbons (Fsp3) is 0.188. The van der Waals surface area contributed by atoms with Crippen molar-refractivity contribution in [1.82, 2.24) is 0 Å². The third-order valence-corrected chi connectivity index (χ3v) is 7.41. The number of hydrogen-bond acceptors (Lipinski definition) is 10. The highest BCUT2D eigenvalue weighted by Crippen LogP contribution is 2.54. The molecule has 10 heteroatoms. The molecule has 42 heavy (non-hydrogen) atoms. The topological polar surface area (TPSA) is 138 Å². The number of benzene rings is 4. The zero-order valence-electron chi connectivity index (χ0n) is 23.6. The van der Waals surface area contributed by atoms with Gasteiger partial charge in [-0.1, -0.05) is 0 Å². The van der Waals surface area contributed by atoms with Gasteiger partial charge in [0.2, 0.25) is 0 Å². The number of phenols is 2. The predicted octanol–water partition coefficient (Wildman–Crippen LogP) is 5.94. The van der Waals surface area contributed by atoms with Crippen LogP contribution < -0.4 is 29.8 Å². The molecule has 0 spiro atoms. The second-order valence-electron chi connectivity index (χ2n) is 9.80. The zero-order chi connectivity index (χ0) is 30.0. The lowest BCUT2D eigenvalue weighted by atomic mass is 9.89. The maximum Gasteiger partial charge on any atom is 0.196 e. The predicted molar refractivity (Wildman–Crippen MR) is 158 cm³/mol. The summed E-state index contributed by atoms with van der Waals surface area (Å²) < 4.78 is 34.7. The molecule has 0 aliphatic rings. The molecular weight excluding hydrogens is 544 g/mol. The molecule has 214 valence electrons. The fourth-order valence-electron chi connectivity index (χ4n) is 5.69. The molecule has 6 rings (SSSR count). The number of aryl methyl sites for hydroxylation is 2. The van der Waals surface area contributed by atoms with Crippen LogP contribution in [0.15, 0.2) is 54.8 Å². The third kappa shape index (κ3) is 3.72. The number of fused-ring (bicyclic) bond motifs is 4. The largest absolute Gasteiger partial charge is 0.506 e. The monoisotopic (exact) mass is 570 g/mol. The van der Waals surface area contributed by atoms with Crippen molar-refractivity contribution in [3.8, 4) is 45.6 Å². The number of methoxy groups -OCH3 is 4. The van der Waals surface area contributed by atoms with E-state index in [4.69, 9.17) is 27.8 Å². The number of phenolic OH excluding ortho intramolecular Hbond substituents is 2. The molecule has 4 aromatic carbocycles. The molecule has 0 aliphatic carbocycles. The Balaban J connectivity index is 1.93. The Labute approximate surface area is 237 Å². The average molecular weight is 571 g/mol. The lowest BCUT2D eigenvalue weighted by Gasteiger charge is -2.21. The van der Waals surface area contributed by atoms with Crippen LogP contribution >= 0.6 is 0 Å². The molecule has 0 atom stereocenters. The maximum atomic E-state index is 12.9. The molecule has 0 amide bonds. The van der Waals surface area contributed by atoms with E-state index in [1.807, 2.05) is 0 Å². The minimum Gasteiger partial charge on any atom is -0.506 e. The Bertz CT molecular complexity index is 2060. The van der Waals surface area contributed by atoms with E-state index in [1.54, 1.807) is 38.1 Å². The van der Waals surface area contributed by atoms with Crippen molar-refractivity contribution in [3.05, 3.63) is 68.4 Å². The fourth-order valence-corrected chi connectivity index (χ4v) is 5.69. The molecular formula is C32H26O10. The summed E-state index contributed by atoms with van der Waals surface area (Å²) in [5.74, 6) is 1.20. The Kier molecular flexibility index (Phi) is 6.14. The molecule has 2 heterocycles. The Morgan fingerprint density at radius 2 is 0.881 bits per heavy atom. The standard InChI is InChI=1S/C32H26O10/c1-13-7-17(33)29-23(41-13)9-15-25(19(37-3)11-21(39-5)27(15)31(29)35)26-16-10-24-30(18(34)8-14(2)42-24)32(36)28(16)22(40-6)12-20(26)38-4/h7-12,35-36H,1-6H3. The van der Waals surface area contributed by atoms with Crippen LogP contribution in [-0.2, 0) is 0 Å². The highest BCUT2D eigenvalue weighted by atomic mass is 16.5. The zero-order valence-corrected chi connectivity index (χ0v) is 23.6. The van der Waals surface area contributed by atoms with Gasteiger partial charge in [-0.15, -0.1) is 0 Å². The van der Waals surface area contributed by atoms with Crippen LogP contribution in [-0.4, -0.2) is 38.7 Å². The highest BCUT2D eigenvalue weighted by Gasteiger charge is 2.28. The van der Waals surface area contributed by atoms with Crippen molar-refractivity contribution in [3.63, 3.8) is 0 Å². The van der Waals surface area contributed by atoms with E-state index in [-0.39, 0.29) is 55.7 Å². The summed E-state index contributed by atoms with van der Waals surface area (Å²) in [6.07, 6.45) is 0. The molecule has 6 aromatic rings. The molecule has 0 aliphatic heterocycles. The number of hydrogen-bond donors (Lipinski definition) is 2. The minimum atomic E-state index is -0.415. The van der Waals surface area contributed by atoms with Gasteiger partial charge in [0.1, 0.15) is 68.0 Å². The first-order valence-corrected chi connectivity index (χ1v) is 12.8. The Morgan fingerprint density at radius 3 is 1.21 bits per heavy atom. The van der Waals surface area contributed by atoms with Gasteiger partial charge in [-0.05, 0) is 26.0 Å². The SMILES string of the molecule is COc1cc(OC)c2c(O)c3c(=O)cc(C)oc3cc2c1-c1c(OC)cc(OC)c2c(O)c3c(=O)cc(C)oc3cc12. The van der Waals surface area contributed by atoms with Crippen molar-refractivity contribution in [2.75, 3.05) is 28.4 Å². The minimum absolute atomic E-state index is 0.00467. The van der Waals surface area contributed by atoms with Gasteiger partial charge >= 0.3 is 0 Å². The van der Waals surface area contributed by atoms with E-state index in [0.717, 1.165) is 0 Å². The molecule has 2 N–H and O–H groups in total. The van der Waals surface area contributed by atoms with E-state index in [2.05, 4.69) is 0 Å². The van der Waals surface area contributed by atoms with Gasteiger partial charge in [-0.2, -0.15) is 0 Å². The van der Waals surface area contributed by atoms with Crippen LogP contribution in [0.25, 0.3) is 54.6 Å². The summed E-state index contributed by atoms with van der Waals surface area (Å²) in [6, 6.07) is 9.02. The Hall–Kier alpha value is -5.38. The summed E-state index contributed by atoms with van der Waals surface area (Å²) in [5, 5.41) is 24.2. The molecule has 0 fully saturated rings. The van der Waals surface area contributed by atoms with Crippen LogP contribution in [0.1, 0.15) is 11.5 Å². The quantitative estimate of drug-likeness (QED) is 0.240. The third-order valence-electron chi connectivity index (χ3n) is 7.41. The van der Waals surface area contributed by atoms with E-state index in [0.29, 0.717) is 44.9 Å². The van der Waals surface area contributed by atoms with Crippen molar-refractivity contribution >= 4 is 43.5 Å². The number of ether oxygens (including phenoxy) is 4. The van der Waals surface area contributed by atoms with Gasteiger partial charge in [0.05, 0.1) is 39.2 Å². The van der Waals surface area contributed by atoms with Gasteiger partial charge in [0.15, 0.2) is 10.9 Å². The van der Waals surface area contributed by atoms with Crippen LogP contribution in [0.2, 0.25) is 0 Å².